The normalized spacial score (nSPS) is 12.1. The van der Waals surface area contributed by atoms with Gasteiger partial charge >= 0.3 is 5.97 Å². The van der Waals surface area contributed by atoms with Crippen LogP contribution in [0.1, 0.15) is 16.5 Å². The van der Waals surface area contributed by atoms with Crippen LogP contribution in [0.5, 0.6) is 5.75 Å². The largest absolute Gasteiger partial charge is 0.505 e. The van der Waals surface area contributed by atoms with Crippen LogP contribution in [0.4, 0.5) is 4.39 Å². The van der Waals surface area contributed by atoms with Crippen LogP contribution in [0.2, 0.25) is 0 Å². The summed E-state index contributed by atoms with van der Waals surface area (Å²) in [6, 6.07) is 6.89. The molecule has 0 saturated carbocycles. The molecule has 4 nitrogen and oxygen atoms in total. The van der Waals surface area contributed by atoms with E-state index in [1.807, 2.05) is 17.5 Å². The predicted molar refractivity (Wildman–Crippen MR) is 74.0 cm³/mol. The second-order valence-corrected chi connectivity index (χ2v) is 5.16. The molecule has 1 aromatic carbocycles. The molecule has 2 N–H and O–H groups in total. The Labute approximate surface area is 119 Å². The number of rotatable bonds is 5. The Bertz CT molecular complexity index is 586. The number of carbonyl (C=O) groups excluding carboxylic acids is 1. The molecule has 0 amide bonds. The molecule has 2 aromatic rings. The van der Waals surface area contributed by atoms with Crippen LogP contribution in [0.3, 0.4) is 0 Å². The van der Waals surface area contributed by atoms with Gasteiger partial charge in [0, 0.05) is 11.4 Å². The summed E-state index contributed by atoms with van der Waals surface area (Å²) in [7, 11) is 1.28. The number of carbonyl (C=O) groups is 1. The maximum atomic E-state index is 13.4. The number of hydrogen-bond acceptors (Lipinski definition) is 5. The molecule has 1 aromatic heterocycles. The number of thiophene rings is 1. The summed E-state index contributed by atoms with van der Waals surface area (Å²) in [6.07, 6.45) is 0. The first kappa shape index (κ1) is 14.5. The molecule has 1 atom stereocenters. The van der Waals surface area contributed by atoms with E-state index in [2.05, 4.69) is 5.32 Å². The first-order valence-electron chi connectivity index (χ1n) is 5.94. The molecule has 0 aliphatic carbocycles. The number of esters is 1. The molecule has 106 valence electrons. The lowest BCUT2D eigenvalue weighted by molar-refractivity contribution is -0.143. The summed E-state index contributed by atoms with van der Waals surface area (Å²) in [4.78, 5) is 12.9. The van der Waals surface area contributed by atoms with Gasteiger partial charge in [-0.3, -0.25) is 5.32 Å². The number of nitrogens with one attached hydrogen (secondary N) is 1. The molecule has 20 heavy (non-hydrogen) atoms. The Kier molecular flexibility index (Phi) is 4.70. The van der Waals surface area contributed by atoms with Gasteiger partial charge in [0.2, 0.25) is 0 Å². The van der Waals surface area contributed by atoms with Gasteiger partial charge < -0.3 is 9.84 Å². The number of phenolic OH excluding ortho intramolecular Hbond substituents is 1. The fraction of sp³-hybridized carbons (Fsp3) is 0.214. The van der Waals surface area contributed by atoms with Gasteiger partial charge in [0.15, 0.2) is 11.6 Å². The lowest BCUT2D eigenvalue weighted by Gasteiger charge is -2.16. The van der Waals surface area contributed by atoms with Crippen LogP contribution in [0.15, 0.2) is 35.7 Å². The Hall–Kier alpha value is -1.92. The van der Waals surface area contributed by atoms with Gasteiger partial charge in [-0.2, -0.15) is 0 Å². The lowest BCUT2D eigenvalue weighted by atomic mass is 10.1. The minimum atomic E-state index is -0.780. The predicted octanol–water partition coefficient (Wildman–Crippen LogP) is 2.60. The van der Waals surface area contributed by atoms with E-state index in [-0.39, 0.29) is 0 Å². The van der Waals surface area contributed by atoms with Crippen molar-refractivity contribution in [3.63, 3.8) is 0 Å². The molecule has 0 bridgehead atoms. The van der Waals surface area contributed by atoms with Gasteiger partial charge in [-0.15, -0.1) is 11.3 Å². The third kappa shape index (κ3) is 3.34. The maximum Gasteiger partial charge on any atom is 0.327 e. The van der Waals surface area contributed by atoms with Crippen molar-refractivity contribution >= 4 is 17.3 Å². The molecule has 0 radical (unpaired) electrons. The van der Waals surface area contributed by atoms with Crippen LogP contribution in [0.25, 0.3) is 0 Å². The smallest absolute Gasteiger partial charge is 0.327 e. The highest BCUT2D eigenvalue weighted by Crippen LogP contribution is 2.22. The molecule has 0 saturated heterocycles. The molecule has 1 unspecified atom stereocenters. The van der Waals surface area contributed by atoms with E-state index in [9.17, 15) is 14.3 Å². The zero-order valence-electron chi connectivity index (χ0n) is 10.8. The van der Waals surface area contributed by atoms with Crippen molar-refractivity contribution in [3.8, 4) is 5.75 Å². The second kappa shape index (κ2) is 6.49. The third-order valence-corrected chi connectivity index (χ3v) is 3.68. The van der Waals surface area contributed by atoms with Crippen molar-refractivity contribution in [1.29, 1.82) is 0 Å². The molecule has 0 aliphatic rings. The highest BCUT2D eigenvalue weighted by Gasteiger charge is 2.22. The SMILES string of the molecule is COC(=O)C(NCc1cccs1)c1ccc(O)c(F)c1. The monoisotopic (exact) mass is 295 g/mol. The number of halogens is 1. The fourth-order valence-corrected chi connectivity index (χ4v) is 2.43. The highest BCUT2D eigenvalue weighted by atomic mass is 32.1. The minimum Gasteiger partial charge on any atom is -0.505 e. The van der Waals surface area contributed by atoms with Gasteiger partial charge in [-0.1, -0.05) is 12.1 Å². The van der Waals surface area contributed by atoms with E-state index in [1.54, 1.807) is 11.3 Å². The van der Waals surface area contributed by atoms with Crippen molar-refractivity contribution in [2.75, 3.05) is 7.11 Å². The van der Waals surface area contributed by atoms with Crippen LogP contribution in [0, 0.1) is 5.82 Å². The van der Waals surface area contributed by atoms with Crippen LogP contribution in [-0.4, -0.2) is 18.2 Å². The number of hydrogen-bond donors (Lipinski definition) is 2. The van der Waals surface area contributed by atoms with Crippen molar-refractivity contribution in [2.24, 2.45) is 0 Å². The summed E-state index contributed by atoms with van der Waals surface area (Å²) >= 11 is 1.56. The van der Waals surface area contributed by atoms with E-state index in [4.69, 9.17) is 4.74 Å². The van der Waals surface area contributed by atoms with Crippen molar-refractivity contribution in [1.82, 2.24) is 5.32 Å². The Morgan fingerprint density at radius 1 is 1.50 bits per heavy atom. The van der Waals surface area contributed by atoms with E-state index in [1.165, 1.54) is 19.2 Å². The van der Waals surface area contributed by atoms with Gasteiger partial charge in [-0.25, -0.2) is 9.18 Å². The minimum absolute atomic E-state index is 0.406. The topological polar surface area (TPSA) is 58.6 Å². The van der Waals surface area contributed by atoms with Crippen molar-refractivity contribution in [3.05, 3.63) is 52.0 Å². The van der Waals surface area contributed by atoms with Crippen LogP contribution < -0.4 is 5.32 Å². The zero-order chi connectivity index (χ0) is 14.5. The maximum absolute atomic E-state index is 13.4. The summed E-state index contributed by atoms with van der Waals surface area (Å²) < 4.78 is 18.1. The number of aromatic hydroxyl groups is 1. The first-order chi connectivity index (χ1) is 9.61. The molecule has 0 aliphatic heterocycles. The molecule has 6 heteroatoms. The first-order valence-corrected chi connectivity index (χ1v) is 6.82. The quantitative estimate of drug-likeness (QED) is 0.833. The number of benzene rings is 1. The Balaban J connectivity index is 2.18. The second-order valence-electron chi connectivity index (χ2n) is 4.13. The summed E-state index contributed by atoms with van der Waals surface area (Å²) in [5.41, 5.74) is 0.406. The van der Waals surface area contributed by atoms with Crippen molar-refractivity contribution in [2.45, 2.75) is 12.6 Å². The van der Waals surface area contributed by atoms with Gasteiger partial charge in [0.1, 0.15) is 6.04 Å². The van der Waals surface area contributed by atoms with E-state index >= 15 is 0 Å². The summed E-state index contributed by atoms with van der Waals surface area (Å²) in [6.45, 7) is 0.472. The fourth-order valence-electron chi connectivity index (χ4n) is 1.77. The molecular formula is C14H14FNO3S. The molecule has 1 heterocycles. The molecular weight excluding hydrogens is 281 g/mol. The Morgan fingerprint density at radius 3 is 2.90 bits per heavy atom. The molecule has 0 fully saturated rings. The van der Waals surface area contributed by atoms with Crippen LogP contribution >= 0.6 is 11.3 Å². The number of ether oxygens (including phenoxy) is 1. The molecule has 2 rings (SSSR count). The average Bonchev–Trinajstić information content (AvgIpc) is 2.95. The number of methoxy groups -OCH3 is 1. The van der Waals surface area contributed by atoms with Gasteiger partial charge in [0.25, 0.3) is 0 Å². The summed E-state index contributed by atoms with van der Waals surface area (Å²) in [5, 5.41) is 14.1. The third-order valence-electron chi connectivity index (χ3n) is 2.80. The number of phenols is 1. The summed E-state index contributed by atoms with van der Waals surface area (Å²) in [5.74, 6) is -1.73. The van der Waals surface area contributed by atoms with E-state index in [0.29, 0.717) is 12.1 Å². The van der Waals surface area contributed by atoms with Gasteiger partial charge in [0.05, 0.1) is 7.11 Å². The van der Waals surface area contributed by atoms with E-state index < -0.39 is 23.6 Å². The van der Waals surface area contributed by atoms with Crippen molar-refractivity contribution < 1.29 is 19.0 Å². The lowest BCUT2D eigenvalue weighted by Crippen LogP contribution is -2.29. The standard InChI is InChI=1S/C14H14FNO3S/c1-19-14(18)13(16-8-10-3-2-6-20-10)9-4-5-12(17)11(15)7-9/h2-7,13,16-17H,8H2,1H3. The zero-order valence-corrected chi connectivity index (χ0v) is 11.6. The van der Waals surface area contributed by atoms with Crippen LogP contribution in [-0.2, 0) is 16.1 Å². The average molecular weight is 295 g/mol. The Morgan fingerprint density at radius 2 is 2.30 bits per heavy atom. The van der Waals surface area contributed by atoms with E-state index in [0.717, 1.165) is 10.9 Å². The van der Waals surface area contributed by atoms with Gasteiger partial charge in [-0.05, 0) is 29.1 Å². The highest BCUT2D eigenvalue weighted by molar-refractivity contribution is 7.09. The molecule has 0 spiro atoms.